The Labute approximate surface area is 132 Å². The molecule has 0 aromatic heterocycles. The van der Waals surface area contributed by atoms with Crippen LogP contribution in [0.1, 0.15) is 37.9 Å². The molecule has 0 radical (unpaired) electrons. The van der Waals surface area contributed by atoms with Crippen molar-refractivity contribution in [3.63, 3.8) is 0 Å². The lowest BCUT2D eigenvalue weighted by Crippen LogP contribution is -2.54. The zero-order valence-electron chi connectivity index (χ0n) is 13.8. The van der Waals surface area contributed by atoms with Gasteiger partial charge in [0.15, 0.2) is 0 Å². The van der Waals surface area contributed by atoms with E-state index in [-0.39, 0.29) is 18.2 Å². The van der Waals surface area contributed by atoms with Gasteiger partial charge in [-0.05, 0) is 33.3 Å². The van der Waals surface area contributed by atoms with E-state index in [4.69, 9.17) is 15.2 Å². The maximum absolute atomic E-state index is 12.4. The first kappa shape index (κ1) is 16.8. The third-order valence-electron chi connectivity index (χ3n) is 3.67. The van der Waals surface area contributed by atoms with Gasteiger partial charge in [0, 0.05) is 6.54 Å². The second kappa shape index (κ2) is 6.67. The van der Waals surface area contributed by atoms with E-state index in [2.05, 4.69) is 0 Å². The summed E-state index contributed by atoms with van der Waals surface area (Å²) >= 11 is 0. The number of nitrogens with zero attached hydrogens (tertiary/aromatic N) is 1. The Bertz CT molecular complexity index is 508. The predicted octanol–water partition coefficient (Wildman–Crippen LogP) is 2.63. The zero-order valence-corrected chi connectivity index (χ0v) is 13.8. The van der Waals surface area contributed by atoms with E-state index in [1.54, 1.807) is 4.90 Å². The average Bonchev–Trinajstić information content (AvgIpc) is 2.45. The van der Waals surface area contributed by atoms with Crippen LogP contribution in [0.5, 0.6) is 0 Å². The van der Waals surface area contributed by atoms with Crippen LogP contribution in [0.2, 0.25) is 0 Å². The summed E-state index contributed by atoms with van der Waals surface area (Å²) < 4.78 is 11.0. The predicted molar refractivity (Wildman–Crippen MR) is 85.7 cm³/mol. The fourth-order valence-corrected chi connectivity index (χ4v) is 2.48. The fraction of sp³-hybridized carbons (Fsp3) is 0.588. The summed E-state index contributed by atoms with van der Waals surface area (Å²) in [5.74, 6) is 0. The van der Waals surface area contributed by atoms with E-state index in [0.29, 0.717) is 19.8 Å². The minimum Gasteiger partial charge on any atom is -0.444 e. The Kier molecular flexibility index (Phi) is 5.08. The van der Waals surface area contributed by atoms with Crippen LogP contribution in [-0.4, -0.2) is 42.4 Å². The lowest BCUT2D eigenvalue weighted by atomic mass is 9.98. The van der Waals surface area contributed by atoms with Crippen LogP contribution in [0.15, 0.2) is 24.3 Å². The number of ether oxygens (including phenoxy) is 2. The number of carbonyl (C=O) groups excluding carboxylic acids is 1. The summed E-state index contributed by atoms with van der Waals surface area (Å²) in [5, 5.41) is 0. The first-order valence-corrected chi connectivity index (χ1v) is 7.67. The molecular weight excluding hydrogens is 280 g/mol. The largest absolute Gasteiger partial charge is 0.444 e. The normalized spacial score (nSPS) is 20.6. The van der Waals surface area contributed by atoms with Crippen LogP contribution in [0, 0.1) is 6.92 Å². The van der Waals surface area contributed by atoms with Crippen LogP contribution in [0.25, 0.3) is 0 Å². The molecule has 1 saturated heterocycles. The standard InChI is InChI=1S/C17H26N2O3/c1-12-5-7-13(8-6-12)15(18)14-11-21-10-9-19(14)16(20)22-17(2,3)4/h5-8,14-15H,9-11,18H2,1-4H3. The van der Waals surface area contributed by atoms with Crippen molar-refractivity contribution >= 4 is 6.09 Å². The van der Waals surface area contributed by atoms with Gasteiger partial charge in [-0.2, -0.15) is 0 Å². The monoisotopic (exact) mass is 306 g/mol. The highest BCUT2D eigenvalue weighted by atomic mass is 16.6. The van der Waals surface area contributed by atoms with Gasteiger partial charge in [-0.15, -0.1) is 0 Å². The molecule has 1 aliphatic heterocycles. The minimum atomic E-state index is -0.520. The number of morpholine rings is 1. The van der Waals surface area contributed by atoms with Crippen LogP contribution >= 0.6 is 0 Å². The molecule has 2 atom stereocenters. The minimum absolute atomic E-state index is 0.216. The van der Waals surface area contributed by atoms with Crippen molar-refractivity contribution in [2.45, 2.75) is 45.4 Å². The summed E-state index contributed by atoms with van der Waals surface area (Å²) in [6.07, 6.45) is -0.330. The van der Waals surface area contributed by atoms with Crippen molar-refractivity contribution in [3.8, 4) is 0 Å². The zero-order chi connectivity index (χ0) is 16.3. The molecule has 5 nitrogen and oxygen atoms in total. The highest BCUT2D eigenvalue weighted by molar-refractivity contribution is 5.69. The number of carbonyl (C=O) groups is 1. The molecule has 122 valence electrons. The Morgan fingerprint density at radius 3 is 2.59 bits per heavy atom. The van der Waals surface area contributed by atoms with Gasteiger partial charge in [0.1, 0.15) is 5.60 Å². The van der Waals surface area contributed by atoms with E-state index < -0.39 is 5.60 Å². The lowest BCUT2D eigenvalue weighted by molar-refractivity contribution is -0.0382. The van der Waals surface area contributed by atoms with Gasteiger partial charge < -0.3 is 15.2 Å². The summed E-state index contributed by atoms with van der Waals surface area (Å²) in [4.78, 5) is 14.1. The lowest BCUT2D eigenvalue weighted by Gasteiger charge is -2.39. The van der Waals surface area contributed by atoms with E-state index in [9.17, 15) is 4.79 Å². The summed E-state index contributed by atoms with van der Waals surface area (Å²) in [7, 11) is 0. The van der Waals surface area contributed by atoms with Gasteiger partial charge in [0.2, 0.25) is 0 Å². The molecule has 2 rings (SSSR count). The molecule has 1 heterocycles. The van der Waals surface area contributed by atoms with Crippen molar-refractivity contribution in [2.75, 3.05) is 19.8 Å². The second-order valence-corrected chi connectivity index (χ2v) is 6.75. The van der Waals surface area contributed by atoms with Gasteiger partial charge in [-0.3, -0.25) is 4.90 Å². The Morgan fingerprint density at radius 2 is 2.00 bits per heavy atom. The maximum atomic E-state index is 12.4. The molecule has 22 heavy (non-hydrogen) atoms. The number of rotatable bonds is 2. The van der Waals surface area contributed by atoms with Gasteiger partial charge >= 0.3 is 6.09 Å². The highest BCUT2D eigenvalue weighted by Crippen LogP contribution is 2.24. The number of amides is 1. The fourth-order valence-electron chi connectivity index (χ4n) is 2.48. The molecule has 0 saturated carbocycles. The second-order valence-electron chi connectivity index (χ2n) is 6.75. The molecule has 0 aliphatic carbocycles. The summed E-state index contributed by atoms with van der Waals surface area (Å²) in [5.41, 5.74) is 8.04. The maximum Gasteiger partial charge on any atom is 0.410 e. The number of benzene rings is 1. The first-order chi connectivity index (χ1) is 10.3. The molecule has 1 fully saturated rings. The van der Waals surface area contributed by atoms with Crippen LogP contribution in [0.4, 0.5) is 4.79 Å². The topological polar surface area (TPSA) is 64.8 Å². The molecule has 0 spiro atoms. The number of aryl methyl sites for hydroxylation is 1. The molecule has 2 unspecified atom stereocenters. The number of hydrogen-bond donors (Lipinski definition) is 1. The van der Waals surface area contributed by atoms with Gasteiger partial charge in [-0.1, -0.05) is 29.8 Å². The van der Waals surface area contributed by atoms with Crippen LogP contribution in [-0.2, 0) is 9.47 Å². The summed E-state index contributed by atoms with van der Waals surface area (Å²) in [6, 6.07) is 7.54. The van der Waals surface area contributed by atoms with Gasteiger partial charge in [0.25, 0.3) is 0 Å². The smallest absolute Gasteiger partial charge is 0.410 e. The molecule has 1 amide bonds. The Balaban J connectivity index is 2.15. The van der Waals surface area contributed by atoms with E-state index in [0.717, 1.165) is 5.56 Å². The van der Waals surface area contributed by atoms with Crippen molar-refractivity contribution in [3.05, 3.63) is 35.4 Å². The Hall–Kier alpha value is -1.59. The van der Waals surface area contributed by atoms with Crippen molar-refractivity contribution < 1.29 is 14.3 Å². The van der Waals surface area contributed by atoms with Gasteiger partial charge in [0.05, 0.1) is 25.3 Å². The molecule has 1 aromatic carbocycles. The molecule has 2 N–H and O–H groups in total. The van der Waals surface area contributed by atoms with Gasteiger partial charge in [-0.25, -0.2) is 4.79 Å². The third-order valence-corrected chi connectivity index (χ3v) is 3.67. The summed E-state index contributed by atoms with van der Waals surface area (Å²) in [6.45, 7) is 9.05. The molecule has 1 aliphatic rings. The van der Waals surface area contributed by atoms with E-state index in [1.165, 1.54) is 5.56 Å². The van der Waals surface area contributed by atoms with Crippen LogP contribution < -0.4 is 5.73 Å². The average molecular weight is 306 g/mol. The van der Waals surface area contributed by atoms with Crippen molar-refractivity contribution in [1.82, 2.24) is 4.90 Å². The number of hydrogen-bond acceptors (Lipinski definition) is 4. The quantitative estimate of drug-likeness (QED) is 0.912. The van der Waals surface area contributed by atoms with E-state index >= 15 is 0 Å². The molecule has 1 aromatic rings. The Morgan fingerprint density at radius 1 is 1.36 bits per heavy atom. The molecular formula is C17H26N2O3. The molecule has 0 bridgehead atoms. The first-order valence-electron chi connectivity index (χ1n) is 7.67. The SMILES string of the molecule is Cc1ccc(C(N)C2COCCN2C(=O)OC(C)(C)C)cc1. The molecule has 5 heteroatoms. The van der Waals surface area contributed by atoms with Crippen LogP contribution in [0.3, 0.4) is 0 Å². The highest BCUT2D eigenvalue weighted by Gasteiger charge is 2.35. The van der Waals surface area contributed by atoms with E-state index in [1.807, 2.05) is 52.0 Å². The number of nitrogens with two attached hydrogens (primary N) is 1. The third kappa shape index (κ3) is 4.21. The van der Waals surface area contributed by atoms with Crippen molar-refractivity contribution in [2.24, 2.45) is 5.73 Å². The van der Waals surface area contributed by atoms with Crippen molar-refractivity contribution in [1.29, 1.82) is 0 Å².